The average molecular weight is 201 g/mol. The number of aromatic nitrogens is 2. The first-order valence-electron chi connectivity index (χ1n) is 5.03. The highest BCUT2D eigenvalue weighted by Gasteiger charge is 2.18. The van der Waals surface area contributed by atoms with Crippen LogP contribution in [0.15, 0.2) is 22.9 Å². The SMILES string of the molecule is Nc1ncc2c(n1)-c1occc1CCC2. The van der Waals surface area contributed by atoms with Gasteiger partial charge in [0.15, 0.2) is 5.76 Å². The van der Waals surface area contributed by atoms with Crippen molar-refractivity contribution in [3.63, 3.8) is 0 Å². The van der Waals surface area contributed by atoms with Gasteiger partial charge >= 0.3 is 0 Å². The zero-order chi connectivity index (χ0) is 10.3. The molecule has 0 bridgehead atoms. The fourth-order valence-corrected chi connectivity index (χ4v) is 2.01. The van der Waals surface area contributed by atoms with Crippen LogP contribution in [0.2, 0.25) is 0 Å². The maximum atomic E-state index is 5.59. The van der Waals surface area contributed by atoms with Crippen LogP contribution in [0.5, 0.6) is 0 Å². The van der Waals surface area contributed by atoms with Gasteiger partial charge in [-0.2, -0.15) is 0 Å². The van der Waals surface area contributed by atoms with Crippen molar-refractivity contribution in [1.29, 1.82) is 0 Å². The van der Waals surface area contributed by atoms with Crippen molar-refractivity contribution >= 4 is 5.95 Å². The lowest BCUT2D eigenvalue weighted by molar-refractivity contribution is 0.577. The van der Waals surface area contributed by atoms with E-state index in [1.165, 1.54) is 5.56 Å². The van der Waals surface area contributed by atoms with E-state index >= 15 is 0 Å². The minimum absolute atomic E-state index is 0.304. The molecule has 4 heteroatoms. The summed E-state index contributed by atoms with van der Waals surface area (Å²) in [5.41, 5.74) is 8.79. The zero-order valence-electron chi connectivity index (χ0n) is 8.23. The molecule has 15 heavy (non-hydrogen) atoms. The van der Waals surface area contributed by atoms with Crippen LogP contribution >= 0.6 is 0 Å². The molecule has 1 aliphatic rings. The molecule has 0 saturated heterocycles. The van der Waals surface area contributed by atoms with Crippen LogP contribution in [-0.2, 0) is 12.8 Å². The van der Waals surface area contributed by atoms with Gasteiger partial charge in [-0.3, -0.25) is 0 Å². The molecule has 2 heterocycles. The number of fused-ring (bicyclic) bond motifs is 3. The van der Waals surface area contributed by atoms with Crippen LogP contribution in [0.1, 0.15) is 17.5 Å². The number of nitrogens with zero attached hydrogens (tertiary/aromatic N) is 2. The lowest BCUT2D eigenvalue weighted by atomic mass is 10.1. The first kappa shape index (κ1) is 8.47. The number of nitrogens with two attached hydrogens (primary N) is 1. The quantitative estimate of drug-likeness (QED) is 0.706. The van der Waals surface area contributed by atoms with Gasteiger partial charge in [0.2, 0.25) is 5.95 Å². The van der Waals surface area contributed by atoms with Crippen LogP contribution in [0.25, 0.3) is 11.5 Å². The van der Waals surface area contributed by atoms with Crippen LogP contribution in [0.3, 0.4) is 0 Å². The molecule has 0 saturated carbocycles. The monoisotopic (exact) mass is 201 g/mol. The van der Waals surface area contributed by atoms with Gasteiger partial charge in [0.1, 0.15) is 5.69 Å². The minimum atomic E-state index is 0.304. The number of hydrogen-bond donors (Lipinski definition) is 1. The van der Waals surface area contributed by atoms with Gasteiger partial charge in [-0.25, -0.2) is 9.97 Å². The molecule has 0 unspecified atom stereocenters. The van der Waals surface area contributed by atoms with Crippen molar-refractivity contribution in [2.45, 2.75) is 19.3 Å². The molecule has 0 spiro atoms. The van der Waals surface area contributed by atoms with Crippen LogP contribution in [-0.4, -0.2) is 9.97 Å². The Balaban J connectivity index is 2.27. The first-order valence-corrected chi connectivity index (χ1v) is 5.03. The third-order valence-corrected chi connectivity index (χ3v) is 2.74. The largest absolute Gasteiger partial charge is 0.462 e. The Labute approximate surface area is 87.2 Å². The molecule has 2 N–H and O–H groups in total. The van der Waals surface area contributed by atoms with Crippen molar-refractivity contribution in [2.24, 2.45) is 0 Å². The van der Waals surface area contributed by atoms with Crippen molar-refractivity contribution in [3.8, 4) is 11.5 Å². The van der Waals surface area contributed by atoms with E-state index in [2.05, 4.69) is 9.97 Å². The molecular formula is C11H11N3O. The third kappa shape index (κ3) is 1.29. The predicted octanol–water partition coefficient (Wildman–Crippen LogP) is 1.81. The molecule has 0 atom stereocenters. The number of aryl methyl sites for hydroxylation is 2. The summed E-state index contributed by atoms with van der Waals surface area (Å²) < 4.78 is 5.47. The maximum Gasteiger partial charge on any atom is 0.220 e. The van der Waals surface area contributed by atoms with E-state index < -0.39 is 0 Å². The Morgan fingerprint density at radius 3 is 3.07 bits per heavy atom. The molecule has 0 aromatic carbocycles. The summed E-state index contributed by atoms with van der Waals surface area (Å²) in [6.45, 7) is 0. The van der Waals surface area contributed by atoms with Crippen molar-refractivity contribution in [3.05, 3.63) is 29.7 Å². The van der Waals surface area contributed by atoms with Gasteiger partial charge in [0, 0.05) is 17.3 Å². The van der Waals surface area contributed by atoms with E-state index in [0.29, 0.717) is 5.95 Å². The number of rotatable bonds is 0. The van der Waals surface area contributed by atoms with Gasteiger partial charge in [0.05, 0.1) is 6.26 Å². The lowest BCUT2D eigenvalue weighted by Crippen LogP contribution is -1.99. The van der Waals surface area contributed by atoms with Crippen molar-refractivity contribution < 1.29 is 4.42 Å². The molecule has 76 valence electrons. The van der Waals surface area contributed by atoms with Crippen molar-refractivity contribution in [2.75, 3.05) is 5.73 Å². The summed E-state index contributed by atoms with van der Waals surface area (Å²) in [7, 11) is 0. The number of hydrogen-bond acceptors (Lipinski definition) is 4. The Morgan fingerprint density at radius 1 is 1.27 bits per heavy atom. The number of furan rings is 1. The summed E-state index contributed by atoms with van der Waals surface area (Å²) in [6, 6.07) is 2.00. The molecule has 2 aromatic rings. The maximum absolute atomic E-state index is 5.59. The van der Waals surface area contributed by atoms with E-state index in [-0.39, 0.29) is 0 Å². The molecule has 1 aliphatic carbocycles. The summed E-state index contributed by atoms with van der Waals surface area (Å²) in [6.07, 6.45) is 6.63. The molecule has 3 rings (SSSR count). The fourth-order valence-electron chi connectivity index (χ4n) is 2.01. The Kier molecular flexibility index (Phi) is 1.74. The molecular weight excluding hydrogens is 190 g/mol. The highest BCUT2D eigenvalue weighted by atomic mass is 16.3. The summed E-state index contributed by atoms with van der Waals surface area (Å²) in [4.78, 5) is 8.28. The Bertz CT molecular complexity index is 504. The number of nitrogen functional groups attached to an aromatic ring is 1. The lowest BCUT2D eigenvalue weighted by Gasteiger charge is -2.03. The standard InChI is InChI=1S/C11H11N3O/c12-11-13-6-8-3-1-2-7-4-5-15-10(7)9(8)14-11/h4-6H,1-3H2,(H2,12,13,14). The third-order valence-electron chi connectivity index (χ3n) is 2.74. The average Bonchev–Trinajstić information content (AvgIpc) is 2.62. The molecule has 0 radical (unpaired) electrons. The van der Waals surface area contributed by atoms with Crippen LogP contribution in [0, 0.1) is 0 Å². The van der Waals surface area contributed by atoms with Crippen LogP contribution < -0.4 is 5.73 Å². The zero-order valence-corrected chi connectivity index (χ0v) is 8.23. The predicted molar refractivity (Wildman–Crippen MR) is 56.2 cm³/mol. The Morgan fingerprint density at radius 2 is 2.13 bits per heavy atom. The van der Waals surface area contributed by atoms with E-state index in [4.69, 9.17) is 10.2 Å². The molecule has 0 amide bonds. The first-order chi connectivity index (χ1) is 7.34. The summed E-state index contributed by atoms with van der Waals surface area (Å²) >= 11 is 0. The van der Waals surface area contributed by atoms with Gasteiger partial charge in [-0.05, 0) is 25.3 Å². The fraction of sp³-hybridized carbons (Fsp3) is 0.273. The highest BCUT2D eigenvalue weighted by Crippen LogP contribution is 2.31. The highest BCUT2D eigenvalue weighted by molar-refractivity contribution is 5.62. The van der Waals surface area contributed by atoms with Gasteiger partial charge in [0.25, 0.3) is 0 Å². The Hall–Kier alpha value is -1.84. The van der Waals surface area contributed by atoms with E-state index in [1.807, 2.05) is 6.07 Å². The molecule has 0 fully saturated rings. The molecule has 0 aliphatic heterocycles. The van der Waals surface area contributed by atoms with E-state index in [1.54, 1.807) is 12.5 Å². The van der Waals surface area contributed by atoms with Crippen molar-refractivity contribution in [1.82, 2.24) is 9.97 Å². The second-order valence-corrected chi connectivity index (χ2v) is 3.73. The second kappa shape index (κ2) is 3.08. The summed E-state index contributed by atoms with van der Waals surface area (Å²) in [5.74, 6) is 1.16. The molecule has 4 nitrogen and oxygen atoms in total. The normalized spacial score (nSPS) is 14.1. The van der Waals surface area contributed by atoms with Gasteiger partial charge in [-0.15, -0.1) is 0 Å². The topological polar surface area (TPSA) is 64.9 Å². The second-order valence-electron chi connectivity index (χ2n) is 3.73. The summed E-state index contributed by atoms with van der Waals surface area (Å²) in [5, 5.41) is 0. The van der Waals surface area contributed by atoms with Gasteiger partial charge in [-0.1, -0.05) is 0 Å². The van der Waals surface area contributed by atoms with E-state index in [0.717, 1.165) is 36.3 Å². The minimum Gasteiger partial charge on any atom is -0.462 e. The van der Waals surface area contributed by atoms with Crippen LogP contribution in [0.4, 0.5) is 5.95 Å². The van der Waals surface area contributed by atoms with Gasteiger partial charge < -0.3 is 10.2 Å². The number of anilines is 1. The van der Waals surface area contributed by atoms with E-state index in [9.17, 15) is 0 Å². The smallest absolute Gasteiger partial charge is 0.220 e. The molecule has 2 aromatic heterocycles.